The van der Waals surface area contributed by atoms with E-state index in [0.29, 0.717) is 33.0 Å². The summed E-state index contributed by atoms with van der Waals surface area (Å²) in [7, 11) is 1.54. The van der Waals surface area contributed by atoms with Crippen LogP contribution >= 0.6 is 23.1 Å². The fourth-order valence-electron chi connectivity index (χ4n) is 3.33. The van der Waals surface area contributed by atoms with Crippen molar-refractivity contribution in [3.63, 3.8) is 0 Å². The summed E-state index contributed by atoms with van der Waals surface area (Å²) in [5.74, 6) is 0.383. The number of aromatic amines is 1. The lowest BCUT2D eigenvalue weighted by molar-refractivity contribution is -0.115. The van der Waals surface area contributed by atoms with Gasteiger partial charge in [-0.3, -0.25) is 14.4 Å². The maximum Gasteiger partial charge on any atom is 0.260 e. The van der Waals surface area contributed by atoms with Gasteiger partial charge in [0.2, 0.25) is 5.91 Å². The van der Waals surface area contributed by atoms with E-state index in [1.54, 1.807) is 38.2 Å². The van der Waals surface area contributed by atoms with Crippen molar-refractivity contribution in [2.75, 3.05) is 12.4 Å². The van der Waals surface area contributed by atoms with E-state index in [2.05, 4.69) is 20.6 Å². The molecule has 0 saturated heterocycles. The molecule has 33 heavy (non-hydrogen) atoms. The molecule has 4 rings (SSSR count). The summed E-state index contributed by atoms with van der Waals surface area (Å²) in [5, 5.41) is 7.48. The van der Waals surface area contributed by atoms with E-state index < -0.39 is 5.25 Å². The van der Waals surface area contributed by atoms with Crippen molar-refractivity contribution in [2.24, 2.45) is 0 Å². The first kappa shape index (κ1) is 22.8. The maximum absolute atomic E-state index is 12.8. The third kappa shape index (κ3) is 4.99. The van der Waals surface area contributed by atoms with Gasteiger partial charge in [-0.05, 0) is 24.6 Å². The summed E-state index contributed by atoms with van der Waals surface area (Å²) in [6.07, 6.45) is 0. The van der Waals surface area contributed by atoms with E-state index >= 15 is 0 Å². The molecule has 168 valence electrons. The number of benzene rings is 2. The lowest BCUT2D eigenvalue weighted by Crippen LogP contribution is -2.26. The average Bonchev–Trinajstić information content (AvgIpc) is 3.27. The first-order valence-corrected chi connectivity index (χ1v) is 12.2. The van der Waals surface area contributed by atoms with Crippen LogP contribution in [0.15, 0.2) is 64.8 Å². The Labute approximate surface area is 198 Å². The Kier molecular flexibility index (Phi) is 6.90. The second-order valence-corrected chi connectivity index (χ2v) is 9.46. The van der Waals surface area contributed by atoms with Crippen molar-refractivity contribution in [3.8, 4) is 11.1 Å². The molecule has 1 atom stereocenters. The molecule has 0 saturated carbocycles. The van der Waals surface area contributed by atoms with Crippen LogP contribution in [0.1, 0.15) is 23.1 Å². The van der Waals surface area contributed by atoms with Crippen LogP contribution in [0.3, 0.4) is 0 Å². The van der Waals surface area contributed by atoms with Crippen LogP contribution in [0.25, 0.3) is 21.3 Å². The highest BCUT2D eigenvalue weighted by atomic mass is 32.2. The van der Waals surface area contributed by atoms with Crippen LogP contribution in [-0.2, 0) is 10.5 Å². The van der Waals surface area contributed by atoms with Gasteiger partial charge in [0, 0.05) is 18.0 Å². The molecule has 3 N–H and O–H groups in total. The van der Waals surface area contributed by atoms with E-state index in [9.17, 15) is 14.4 Å². The zero-order chi connectivity index (χ0) is 23.4. The molecule has 0 spiro atoms. The number of thioether (sulfide) groups is 1. The molecular formula is C24H22N4O3S2. The number of para-hydroxylation sites is 1. The zero-order valence-electron chi connectivity index (χ0n) is 18.0. The standard InChI is InChI=1S/C24H22N4O3S2/c1-14(21(29)26-18-11-7-6-10-16(18)22(30)25-2)32-13-19-27-23(31)20-17(12-33-24(20)28-19)15-8-4-3-5-9-15/h3-12,14H,13H2,1-2H3,(H,25,30)(H,26,29)(H,27,28,31). The Balaban J connectivity index is 1.46. The minimum atomic E-state index is -0.424. The number of hydrogen-bond acceptors (Lipinski definition) is 6. The highest BCUT2D eigenvalue weighted by molar-refractivity contribution is 7.99. The van der Waals surface area contributed by atoms with Crippen molar-refractivity contribution in [2.45, 2.75) is 17.9 Å². The van der Waals surface area contributed by atoms with E-state index in [0.717, 1.165) is 11.1 Å². The lowest BCUT2D eigenvalue weighted by atomic mass is 10.1. The van der Waals surface area contributed by atoms with Crippen LogP contribution in [0, 0.1) is 0 Å². The monoisotopic (exact) mass is 478 g/mol. The number of fused-ring (bicyclic) bond motifs is 1. The van der Waals surface area contributed by atoms with Gasteiger partial charge in [-0.25, -0.2) is 4.98 Å². The van der Waals surface area contributed by atoms with Crippen molar-refractivity contribution >= 4 is 50.8 Å². The van der Waals surface area contributed by atoms with Gasteiger partial charge in [0.05, 0.1) is 27.6 Å². The third-order valence-corrected chi connectivity index (χ3v) is 7.10. The number of carbonyl (C=O) groups is 2. The number of anilines is 1. The largest absolute Gasteiger partial charge is 0.355 e. The number of rotatable bonds is 7. The van der Waals surface area contributed by atoms with Gasteiger partial charge < -0.3 is 15.6 Å². The molecule has 0 fully saturated rings. The van der Waals surface area contributed by atoms with Gasteiger partial charge >= 0.3 is 0 Å². The van der Waals surface area contributed by atoms with Crippen molar-refractivity contribution in [3.05, 3.63) is 81.7 Å². The summed E-state index contributed by atoms with van der Waals surface area (Å²) < 4.78 is 0. The Morgan fingerprint density at radius 2 is 1.85 bits per heavy atom. The summed E-state index contributed by atoms with van der Waals surface area (Å²) in [6.45, 7) is 1.78. The number of carbonyl (C=O) groups excluding carboxylic acids is 2. The molecule has 0 bridgehead atoms. The van der Waals surface area contributed by atoms with Gasteiger partial charge in [0.25, 0.3) is 11.5 Å². The van der Waals surface area contributed by atoms with Crippen LogP contribution in [0.2, 0.25) is 0 Å². The van der Waals surface area contributed by atoms with Gasteiger partial charge in [-0.15, -0.1) is 23.1 Å². The van der Waals surface area contributed by atoms with Crippen molar-refractivity contribution < 1.29 is 9.59 Å². The fourth-order valence-corrected chi connectivity index (χ4v) is 5.05. The topological polar surface area (TPSA) is 104 Å². The van der Waals surface area contributed by atoms with E-state index in [1.165, 1.54) is 23.1 Å². The van der Waals surface area contributed by atoms with Crippen LogP contribution in [0.4, 0.5) is 5.69 Å². The first-order chi connectivity index (χ1) is 16.0. The molecule has 9 heteroatoms. The Hall–Kier alpha value is -3.43. The Bertz CT molecular complexity index is 1370. The molecule has 0 radical (unpaired) electrons. The van der Waals surface area contributed by atoms with Gasteiger partial charge in [0.15, 0.2) is 0 Å². The predicted octanol–water partition coefficient (Wildman–Crippen LogP) is 4.27. The second kappa shape index (κ2) is 10.0. The molecule has 2 heterocycles. The van der Waals surface area contributed by atoms with E-state index in [1.807, 2.05) is 35.7 Å². The summed E-state index contributed by atoms with van der Waals surface area (Å²) in [6, 6.07) is 16.6. The zero-order valence-corrected chi connectivity index (χ0v) is 19.7. The maximum atomic E-state index is 12.8. The third-order valence-electron chi connectivity index (χ3n) is 5.07. The average molecular weight is 479 g/mol. The van der Waals surface area contributed by atoms with E-state index in [-0.39, 0.29) is 17.4 Å². The number of nitrogens with one attached hydrogen (secondary N) is 3. The summed E-state index contributed by atoms with van der Waals surface area (Å²) in [5.41, 5.74) is 2.50. The van der Waals surface area contributed by atoms with Crippen molar-refractivity contribution in [1.29, 1.82) is 0 Å². The van der Waals surface area contributed by atoms with Gasteiger partial charge in [0.1, 0.15) is 10.7 Å². The number of aromatic nitrogens is 2. The summed E-state index contributed by atoms with van der Waals surface area (Å²) in [4.78, 5) is 45.6. The van der Waals surface area contributed by atoms with E-state index in [4.69, 9.17) is 0 Å². The number of thiophene rings is 1. The molecule has 0 aliphatic rings. The normalized spacial score (nSPS) is 11.8. The Morgan fingerprint density at radius 1 is 1.12 bits per heavy atom. The molecule has 2 aromatic heterocycles. The number of amides is 2. The summed E-state index contributed by atoms with van der Waals surface area (Å²) >= 11 is 2.79. The molecule has 2 aromatic carbocycles. The molecule has 1 unspecified atom stereocenters. The highest BCUT2D eigenvalue weighted by Crippen LogP contribution is 2.31. The SMILES string of the molecule is CNC(=O)c1ccccc1NC(=O)C(C)SCc1nc2scc(-c3ccccc3)c2c(=O)[nH]1. The fraction of sp³-hybridized carbons (Fsp3) is 0.167. The minimum Gasteiger partial charge on any atom is -0.355 e. The smallest absolute Gasteiger partial charge is 0.260 e. The molecule has 7 nitrogen and oxygen atoms in total. The van der Waals surface area contributed by atoms with Gasteiger partial charge in [-0.1, -0.05) is 42.5 Å². The Morgan fingerprint density at radius 3 is 2.61 bits per heavy atom. The molecular weight excluding hydrogens is 456 g/mol. The number of H-pyrrole nitrogens is 1. The molecule has 0 aliphatic carbocycles. The minimum absolute atomic E-state index is 0.188. The lowest BCUT2D eigenvalue weighted by Gasteiger charge is -2.14. The highest BCUT2D eigenvalue weighted by Gasteiger charge is 2.18. The quantitative estimate of drug-likeness (QED) is 0.368. The van der Waals surface area contributed by atoms with Crippen LogP contribution in [0.5, 0.6) is 0 Å². The predicted molar refractivity (Wildman–Crippen MR) is 135 cm³/mol. The first-order valence-electron chi connectivity index (χ1n) is 10.3. The van der Waals surface area contributed by atoms with Gasteiger partial charge in [-0.2, -0.15) is 0 Å². The molecule has 4 aromatic rings. The second-order valence-electron chi connectivity index (χ2n) is 7.28. The van der Waals surface area contributed by atoms with Crippen molar-refractivity contribution in [1.82, 2.24) is 15.3 Å². The van der Waals surface area contributed by atoms with Crippen LogP contribution < -0.4 is 16.2 Å². The van der Waals surface area contributed by atoms with Crippen LogP contribution in [-0.4, -0.2) is 34.1 Å². The number of hydrogen-bond donors (Lipinski definition) is 3. The molecule has 2 amide bonds. The molecule has 0 aliphatic heterocycles. The number of nitrogens with zero attached hydrogens (tertiary/aromatic N) is 1.